The van der Waals surface area contributed by atoms with Gasteiger partial charge in [0, 0.05) is 25.0 Å². The van der Waals surface area contributed by atoms with Crippen LogP contribution in [0.25, 0.3) is 6.08 Å². The van der Waals surface area contributed by atoms with Crippen molar-refractivity contribution in [3.8, 4) is 0 Å². The fourth-order valence-electron chi connectivity index (χ4n) is 1.64. The molecule has 0 bridgehead atoms. The molecule has 0 unspecified atom stereocenters. The number of hydrogen-bond acceptors (Lipinski definition) is 2. The topological polar surface area (TPSA) is 42.0 Å². The first-order valence-corrected chi connectivity index (χ1v) is 6.26. The fourth-order valence-corrected chi connectivity index (χ4v) is 1.64. The van der Waals surface area contributed by atoms with E-state index >= 15 is 0 Å². The smallest absolute Gasteiger partial charge is 0.244 e. The third-order valence-electron chi connectivity index (χ3n) is 2.84. The van der Waals surface area contributed by atoms with Gasteiger partial charge >= 0.3 is 0 Å². The minimum absolute atomic E-state index is 0.220. The van der Waals surface area contributed by atoms with Gasteiger partial charge in [0.15, 0.2) is 0 Å². The Balaban J connectivity index is 1.89. The van der Waals surface area contributed by atoms with Crippen LogP contribution in [0.5, 0.6) is 0 Å². The summed E-state index contributed by atoms with van der Waals surface area (Å²) in [5.41, 5.74) is 2.23. The van der Waals surface area contributed by atoms with E-state index in [9.17, 15) is 9.18 Å². The van der Waals surface area contributed by atoms with E-state index in [1.54, 1.807) is 49.7 Å². The van der Waals surface area contributed by atoms with E-state index in [1.807, 2.05) is 0 Å². The molecule has 0 fully saturated rings. The van der Waals surface area contributed by atoms with Gasteiger partial charge in [-0.05, 0) is 47.9 Å². The van der Waals surface area contributed by atoms with Gasteiger partial charge in [0.2, 0.25) is 5.91 Å². The Morgan fingerprint density at radius 1 is 1.30 bits per heavy atom. The molecule has 1 aromatic carbocycles. The number of nitrogens with one attached hydrogen (secondary N) is 1. The zero-order valence-corrected chi connectivity index (χ0v) is 11.1. The van der Waals surface area contributed by atoms with Crippen molar-refractivity contribution >= 4 is 12.0 Å². The predicted molar refractivity (Wildman–Crippen MR) is 76.3 cm³/mol. The molecule has 0 aliphatic rings. The molecule has 4 heteroatoms. The van der Waals surface area contributed by atoms with Gasteiger partial charge in [0.25, 0.3) is 0 Å². The molecule has 1 N–H and O–H groups in total. The van der Waals surface area contributed by atoms with Crippen LogP contribution in [-0.4, -0.2) is 10.9 Å². The molecular weight excluding hydrogens is 255 g/mol. The summed E-state index contributed by atoms with van der Waals surface area (Å²) in [5, 5.41) is 2.71. The second-order valence-electron chi connectivity index (χ2n) is 4.42. The first-order valence-electron chi connectivity index (χ1n) is 6.26. The summed E-state index contributed by atoms with van der Waals surface area (Å²) < 4.78 is 13.3. The van der Waals surface area contributed by atoms with Crippen LogP contribution in [0.2, 0.25) is 0 Å². The molecule has 0 aliphatic heterocycles. The standard InChI is InChI=1S/C16H15FN2O/c1-12-2-3-14(10-15(12)17)11-19-16(20)5-4-13-6-8-18-9-7-13/h2-10H,11H2,1H3,(H,19,20)/b5-4+. The average Bonchev–Trinajstić information content (AvgIpc) is 2.47. The molecule has 2 rings (SSSR count). The molecule has 0 saturated carbocycles. The van der Waals surface area contributed by atoms with Gasteiger partial charge in [-0.1, -0.05) is 12.1 Å². The maximum absolute atomic E-state index is 13.3. The van der Waals surface area contributed by atoms with E-state index in [1.165, 1.54) is 12.1 Å². The normalized spacial score (nSPS) is 10.7. The molecular formula is C16H15FN2O. The quantitative estimate of drug-likeness (QED) is 0.868. The highest BCUT2D eigenvalue weighted by Gasteiger charge is 2.01. The summed E-state index contributed by atoms with van der Waals surface area (Å²) in [6.07, 6.45) is 6.46. The van der Waals surface area contributed by atoms with E-state index in [4.69, 9.17) is 0 Å². The number of aromatic nitrogens is 1. The summed E-state index contributed by atoms with van der Waals surface area (Å²) >= 11 is 0. The number of benzene rings is 1. The van der Waals surface area contributed by atoms with Crippen molar-refractivity contribution in [2.24, 2.45) is 0 Å². The van der Waals surface area contributed by atoms with Crippen LogP contribution in [0.1, 0.15) is 16.7 Å². The molecule has 2 aromatic rings. The lowest BCUT2D eigenvalue weighted by Gasteiger charge is -2.04. The van der Waals surface area contributed by atoms with E-state index in [0.29, 0.717) is 12.1 Å². The third kappa shape index (κ3) is 4.02. The number of rotatable bonds is 4. The van der Waals surface area contributed by atoms with Gasteiger partial charge in [-0.15, -0.1) is 0 Å². The van der Waals surface area contributed by atoms with E-state index in [2.05, 4.69) is 10.3 Å². The zero-order valence-electron chi connectivity index (χ0n) is 11.1. The van der Waals surface area contributed by atoms with Gasteiger partial charge in [0.1, 0.15) is 5.82 Å². The largest absolute Gasteiger partial charge is 0.348 e. The minimum atomic E-state index is -0.260. The van der Waals surface area contributed by atoms with Gasteiger partial charge in [-0.3, -0.25) is 9.78 Å². The Bertz CT molecular complexity index is 624. The number of carbonyl (C=O) groups is 1. The van der Waals surface area contributed by atoms with Gasteiger partial charge in [-0.2, -0.15) is 0 Å². The first kappa shape index (κ1) is 13.9. The molecule has 1 aromatic heterocycles. The van der Waals surface area contributed by atoms with Crippen LogP contribution in [0.3, 0.4) is 0 Å². The van der Waals surface area contributed by atoms with Gasteiger partial charge in [-0.25, -0.2) is 4.39 Å². The lowest BCUT2D eigenvalue weighted by Crippen LogP contribution is -2.20. The fraction of sp³-hybridized carbons (Fsp3) is 0.125. The second-order valence-corrected chi connectivity index (χ2v) is 4.42. The molecule has 102 valence electrons. The van der Waals surface area contributed by atoms with Crippen molar-refractivity contribution in [3.05, 3.63) is 71.3 Å². The van der Waals surface area contributed by atoms with Crippen LogP contribution >= 0.6 is 0 Å². The number of nitrogens with zero attached hydrogens (tertiary/aromatic N) is 1. The van der Waals surface area contributed by atoms with Crippen LogP contribution < -0.4 is 5.32 Å². The molecule has 0 atom stereocenters. The average molecular weight is 270 g/mol. The van der Waals surface area contributed by atoms with E-state index < -0.39 is 0 Å². The SMILES string of the molecule is Cc1ccc(CNC(=O)/C=C/c2ccncc2)cc1F. The van der Waals surface area contributed by atoms with Crippen molar-refractivity contribution in [2.45, 2.75) is 13.5 Å². The Kier molecular flexibility index (Phi) is 4.60. The highest BCUT2D eigenvalue weighted by molar-refractivity contribution is 5.91. The molecule has 0 aliphatic carbocycles. The highest BCUT2D eigenvalue weighted by atomic mass is 19.1. The molecule has 3 nitrogen and oxygen atoms in total. The Morgan fingerprint density at radius 2 is 2.05 bits per heavy atom. The Hall–Kier alpha value is -2.49. The molecule has 0 spiro atoms. The lowest BCUT2D eigenvalue weighted by molar-refractivity contribution is -0.116. The number of carbonyl (C=O) groups excluding carboxylic acids is 1. The van der Waals surface area contributed by atoms with Crippen molar-refractivity contribution < 1.29 is 9.18 Å². The number of amides is 1. The van der Waals surface area contributed by atoms with Crippen LogP contribution in [0, 0.1) is 12.7 Å². The maximum atomic E-state index is 13.3. The molecule has 1 heterocycles. The predicted octanol–water partition coefficient (Wildman–Crippen LogP) is 2.86. The van der Waals surface area contributed by atoms with Gasteiger partial charge < -0.3 is 5.32 Å². The summed E-state index contributed by atoms with van der Waals surface area (Å²) in [4.78, 5) is 15.5. The maximum Gasteiger partial charge on any atom is 0.244 e. The Morgan fingerprint density at radius 3 is 2.75 bits per heavy atom. The van der Waals surface area contributed by atoms with Gasteiger partial charge in [0.05, 0.1) is 0 Å². The van der Waals surface area contributed by atoms with Crippen molar-refractivity contribution in [1.29, 1.82) is 0 Å². The number of pyridine rings is 1. The van der Waals surface area contributed by atoms with Crippen molar-refractivity contribution in [1.82, 2.24) is 10.3 Å². The summed E-state index contributed by atoms with van der Waals surface area (Å²) in [7, 11) is 0. The van der Waals surface area contributed by atoms with E-state index in [0.717, 1.165) is 11.1 Å². The third-order valence-corrected chi connectivity index (χ3v) is 2.84. The van der Waals surface area contributed by atoms with Crippen LogP contribution in [0.4, 0.5) is 4.39 Å². The van der Waals surface area contributed by atoms with E-state index in [-0.39, 0.29) is 11.7 Å². The summed E-state index contributed by atoms with van der Waals surface area (Å²) in [6.45, 7) is 2.01. The minimum Gasteiger partial charge on any atom is -0.348 e. The number of halogens is 1. The molecule has 1 amide bonds. The zero-order chi connectivity index (χ0) is 14.4. The van der Waals surface area contributed by atoms with Crippen molar-refractivity contribution in [3.63, 3.8) is 0 Å². The number of aryl methyl sites for hydroxylation is 1. The summed E-state index contributed by atoms with van der Waals surface area (Å²) in [6, 6.07) is 8.54. The van der Waals surface area contributed by atoms with Crippen LogP contribution in [-0.2, 0) is 11.3 Å². The highest BCUT2D eigenvalue weighted by Crippen LogP contribution is 2.08. The monoisotopic (exact) mass is 270 g/mol. The molecule has 0 saturated heterocycles. The lowest BCUT2D eigenvalue weighted by atomic mass is 10.1. The Labute approximate surface area is 117 Å². The molecule has 0 radical (unpaired) electrons. The first-order chi connectivity index (χ1) is 9.65. The number of hydrogen-bond donors (Lipinski definition) is 1. The molecule has 20 heavy (non-hydrogen) atoms. The van der Waals surface area contributed by atoms with Crippen molar-refractivity contribution in [2.75, 3.05) is 0 Å². The van der Waals surface area contributed by atoms with Crippen LogP contribution in [0.15, 0.2) is 48.8 Å². The summed E-state index contributed by atoms with van der Waals surface area (Å²) in [5.74, 6) is -0.480. The second kappa shape index (κ2) is 6.61.